The van der Waals surface area contributed by atoms with Crippen molar-refractivity contribution in [1.82, 2.24) is 9.55 Å². The average Bonchev–Trinajstić information content (AvgIpc) is 2.96. The summed E-state index contributed by atoms with van der Waals surface area (Å²) in [6, 6.07) is 11.4. The lowest BCUT2D eigenvalue weighted by Crippen LogP contribution is -2.08. The topological polar surface area (TPSA) is 65.7 Å². The summed E-state index contributed by atoms with van der Waals surface area (Å²) in [6.45, 7) is 0. The molecule has 0 saturated carbocycles. The van der Waals surface area contributed by atoms with E-state index in [1.807, 2.05) is 35.9 Å². The molecule has 1 atom stereocenters. The van der Waals surface area contributed by atoms with E-state index < -0.39 is 6.10 Å². The van der Waals surface area contributed by atoms with Crippen LogP contribution in [0.1, 0.15) is 17.5 Å². The zero-order valence-corrected chi connectivity index (χ0v) is 14.8. The molecule has 1 N–H and O–H groups in total. The third-order valence-corrected chi connectivity index (χ3v) is 4.33. The summed E-state index contributed by atoms with van der Waals surface area (Å²) in [5.74, 6) is 2.34. The molecule has 0 fully saturated rings. The predicted octanol–water partition coefficient (Wildman–Crippen LogP) is 2.88. The average molecular weight is 342 g/mol. The first kappa shape index (κ1) is 17.1. The summed E-state index contributed by atoms with van der Waals surface area (Å²) < 4.78 is 18.0. The quantitative estimate of drug-likeness (QED) is 0.746. The Bertz CT molecular complexity index is 863. The van der Waals surface area contributed by atoms with Crippen molar-refractivity contribution in [3.8, 4) is 17.2 Å². The number of para-hydroxylation sites is 2. The Morgan fingerprint density at radius 2 is 1.68 bits per heavy atom. The van der Waals surface area contributed by atoms with E-state index in [9.17, 15) is 5.11 Å². The molecular weight excluding hydrogens is 320 g/mol. The zero-order chi connectivity index (χ0) is 18.0. The van der Waals surface area contributed by atoms with Gasteiger partial charge < -0.3 is 23.9 Å². The Kier molecular flexibility index (Phi) is 4.81. The molecule has 0 radical (unpaired) electrons. The summed E-state index contributed by atoms with van der Waals surface area (Å²) in [5.41, 5.74) is 2.63. The monoisotopic (exact) mass is 342 g/mol. The smallest absolute Gasteiger partial charge is 0.203 e. The number of imidazole rings is 1. The Morgan fingerprint density at radius 1 is 1.04 bits per heavy atom. The third kappa shape index (κ3) is 3.13. The molecule has 1 unspecified atom stereocenters. The minimum absolute atomic E-state index is 0.379. The van der Waals surface area contributed by atoms with E-state index in [1.54, 1.807) is 33.5 Å². The van der Waals surface area contributed by atoms with Crippen LogP contribution < -0.4 is 14.2 Å². The first-order chi connectivity index (χ1) is 12.1. The number of aromatic nitrogens is 2. The van der Waals surface area contributed by atoms with Crippen LogP contribution in [0.3, 0.4) is 0 Å². The second-order valence-corrected chi connectivity index (χ2v) is 5.75. The van der Waals surface area contributed by atoms with E-state index in [4.69, 9.17) is 14.2 Å². The van der Waals surface area contributed by atoms with Gasteiger partial charge in [-0.1, -0.05) is 12.1 Å². The number of nitrogens with zero attached hydrogens (tertiary/aromatic N) is 2. The Balaban J connectivity index is 1.94. The Labute approximate surface area is 146 Å². The van der Waals surface area contributed by atoms with E-state index in [-0.39, 0.29) is 0 Å². The second-order valence-electron chi connectivity index (χ2n) is 5.75. The maximum atomic E-state index is 10.7. The molecule has 6 heteroatoms. The molecule has 0 amide bonds. The molecule has 0 aliphatic heterocycles. The highest BCUT2D eigenvalue weighted by molar-refractivity contribution is 5.75. The molecule has 0 bridgehead atoms. The van der Waals surface area contributed by atoms with Crippen molar-refractivity contribution in [2.75, 3.05) is 21.3 Å². The van der Waals surface area contributed by atoms with Gasteiger partial charge in [0, 0.05) is 13.5 Å². The number of aliphatic hydroxyl groups excluding tert-OH is 1. The van der Waals surface area contributed by atoms with Gasteiger partial charge in [0.15, 0.2) is 11.5 Å². The Hall–Kier alpha value is -2.73. The molecule has 0 saturated heterocycles. The SMILES string of the molecule is COc1cc(C(O)Cc2nc3ccccc3n2C)cc(OC)c1OC. The standard InChI is InChI=1S/C19H22N2O4/c1-21-14-8-6-5-7-13(14)20-18(21)11-15(22)12-9-16(23-2)19(25-4)17(10-12)24-3/h5-10,15,22H,11H2,1-4H3. The van der Waals surface area contributed by atoms with Crippen molar-refractivity contribution in [1.29, 1.82) is 0 Å². The first-order valence-corrected chi connectivity index (χ1v) is 7.97. The van der Waals surface area contributed by atoms with Crippen LogP contribution in [0.2, 0.25) is 0 Å². The van der Waals surface area contributed by atoms with Crippen LogP contribution in [0.15, 0.2) is 36.4 Å². The van der Waals surface area contributed by atoms with Gasteiger partial charge in [-0.3, -0.25) is 0 Å². The molecule has 0 aliphatic rings. The minimum Gasteiger partial charge on any atom is -0.493 e. The molecule has 132 valence electrons. The van der Waals surface area contributed by atoms with Crippen LogP contribution in [-0.4, -0.2) is 36.0 Å². The highest BCUT2D eigenvalue weighted by Gasteiger charge is 2.19. The van der Waals surface area contributed by atoms with Crippen molar-refractivity contribution in [3.05, 3.63) is 47.8 Å². The number of rotatable bonds is 6. The molecule has 0 aliphatic carbocycles. The molecule has 25 heavy (non-hydrogen) atoms. The normalized spacial score (nSPS) is 12.2. The van der Waals surface area contributed by atoms with Gasteiger partial charge in [0.2, 0.25) is 5.75 Å². The molecule has 0 spiro atoms. The number of benzene rings is 2. The fourth-order valence-electron chi connectivity index (χ4n) is 2.96. The summed E-state index contributed by atoms with van der Waals surface area (Å²) in [5, 5.41) is 10.7. The largest absolute Gasteiger partial charge is 0.493 e. The number of ether oxygens (including phenoxy) is 3. The lowest BCUT2D eigenvalue weighted by atomic mass is 10.0. The molecule has 3 rings (SSSR count). The molecule has 1 aromatic heterocycles. The van der Waals surface area contributed by atoms with Gasteiger partial charge in [-0.05, 0) is 29.8 Å². The van der Waals surface area contributed by atoms with Gasteiger partial charge in [0.1, 0.15) is 5.82 Å². The van der Waals surface area contributed by atoms with Crippen LogP contribution in [0.5, 0.6) is 17.2 Å². The number of methoxy groups -OCH3 is 3. The number of hydrogen-bond acceptors (Lipinski definition) is 5. The Morgan fingerprint density at radius 3 is 2.24 bits per heavy atom. The molecule has 2 aromatic carbocycles. The van der Waals surface area contributed by atoms with Gasteiger partial charge in [0.05, 0.1) is 38.5 Å². The van der Waals surface area contributed by atoms with Gasteiger partial charge in [-0.15, -0.1) is 0 Å². The molecule has 3 aromatic rings. The molecular formula is C19H22N2O4. The van der Waals surface area contributed by atoms with Crippen molar-refractivity contribution < 1.29 is 19.3 Å². The van der Waals surface area contributed by atoms with E-state index in [0.717, 1.165) is 16.9 Å². The summed E-state index contributed by atoms with van der Waals surface area (Å²) in [7, 11) is 6.61. The highest BCUT2D eigenvalue weighted by atomic mass is 16.5. The van der Waals surface area contributed by atoms with Crippen LogP contribution in [0.25, 0.3) is 11.0 Å². The zero-order valence-electron chi connectivity index (χ0n) is 14.8. The number of fused-ring (bicyclic) bond motifs is 1. The van der Waals surface area contributed by atoms with Crippen LogP contribution in [0.4, 0.5) is 0 Å². The number of aliphatic hydroxyl groups is 1. The van der Waals surface area contributed by atoms with E-state index in [0.29, 0.717) is 29.2 Å². The van der Waals surface area contributed by atoms with E-state index >= 15 is 0 Å². The second kappa shape index (κ2) is 7.03. The van der Waals surface area contributed by atoms with Crippen LogP contribution in [-0.2, 0) is 13.5 Å². The predicted molar refractivity (Wildman–Crippen MR) is 95.5 cm³/mol. The van der Waals surface area contributed by atoms with E-state index in [2.05, 4.69) is 4.98 Å². The first-order valence-electron chi connectivity index (χ1n) is 7.97. The lowest BCUT2D eigenvalue weighted by Gasteiger charge is -2.17. The van der Waals surface area contributed by atoms with Gasteiger partial charge in [-0.25, -0.2) is 4.98 Å². The van der Waals surface area contributed by atoms with Gasteiger partial charge in [0.25, 0.3) is 0 Å². The number of aryl methyl sites for hydroxylation is 1. The van der Waals surface area contributed by atoms with Crippen molar-refractivity contribution in [3.63, 3.8) is 0 Å². The van der Waals surface area contributed by atoms with Crippen molar-refractivity contribution in [2.45, 2.75) is 12.5 Å². The highest BCUT2D eigenvalue weighted by Crippen LogP contribution is 2.40. The van der Waals surface area contributed by atoms with Gasteiger partial charge in [-0.2, -0.15) is 0 Å². The van der Waals surface area contributed by atoms with Crippen LogP contribution >= 0.6 is 0 Å². The van der Waals surface area contributed by atoms with Gasteiger partial charge >= 0.3 is 0 Å². The molecule has 6 nitrogen and oxygen atoms in total. The maximum Gasteiger partial charge on any atom is 0.203 e. The summed E-state index contributed by atoms with van der Waals surface area (Å²) in [6.07, 6.45) is -0.367. The molecule has 1 heterocycles. The summed E-state index contributed by atoms with van der Waals surface area (Å²) >= 11 is 0. The van der Waals surface area contributed by atoms with Crippen molar-refractivity contribution >= 4 is 11.0 Å². The van der Waals surface area contributed by atoms with Crippen molar-refractivity contribution in [2.24, 2.45) is 7.05 Å². The lowest BCUT2D eigenvalue weighted by molar-refractivity contribution is 0.174. The third-order valence-electron chi connectivity index (χ3n) is 4.33. The van der Waals surface area contributed by atoms with E-state index in [1.165, 1.54) is 0 Å². The summed E-state index contributed by atoms with van der Waals surface area (Å²) in [4.78, 5) is 4.61. The number of hydrogen-bond donors (Lipinski definition) is 1. The minimum atomic E-state index is -0.746. The fraction of sp³-hybridized carbons (Fsp3) is 0.316. The fourth-order valence-corrected chi connectivity index (χ4v) is 2.96. The van der Waals surface area contributed by atoms with Crippen LogP contribution in [0, 0.1) is 0 Å². The maximum absolute atomic E-state index is 10.7.